The zero-order valence-corrected chi connectivity index (χ0v) is 17.4. The number of hydrogen-bond acceptors (Lipinski definition) is 6. The van der Waals surface area contributed by atoms with Crippen LogP contribution in [0.4, 0.5) is 5.13 Å². The number of carbonyl (C=O) groups excluding carboxylic acids is 1. The van der Waals surface area contributed by atoms with Crippen molar-refractivity contribution in [3.8, 4) is 11.4 Å². The summed E-state index contributed by atoms with van der Waals surface area (Å²) in [6, 6.07) is 15.7. The number of fused-ring (bicyclic) bond motifs is 1. The van der Waals surface area contributed by atoms with Gasteiger partial charge in [-0.05, 0) is 24.3 Å². The Kier molecular flexibility index (Phi) is 5.24. The lowest BCUT2D eigenvalue weighted by atomic mass is 10.2. The van der Waals surface area contributed by atoms with Crippen LogP contribution in [0.15, 0.2) is 58.2 Å². The Morgan fingerprint density at radius 1 is 1.19 bits per heavy atom. The van der Waals surface area contributed by atoms with Crippen LogP contribution in [0.25, 0.3) is 21.6 Å². The Morgan fingerprint density at radius 3 is 2.74 bits per heavy atom. The van der Waals surface area contributed by atoms with Crippen LogP contribution < -0.4 is 5.32 Å². The number of nitrogens with one attached hydrogen (secondary N) is 1. The average Bonchev–Trinajstić information content (AvgIpc) is 3.23. The first-order chi connectivity index (χ1) is 13.1. The van der Waals surface area contributed by atoms with Crippen LogP contribution in [-0.4, -0.2) is 31.4 Å². The summed E-state index contributed by atoms with van der Waals surface area (Å²) in [5.41, 5.74) is 1.86. The maximum Gasteiger partial charge on any atom is 0.236 e. The molecule has 0 spiro atoms. The van der Waals surface area contributed by atoms with Gasteiger partial charge in [-0.25, -0.2) is 4.98 Å². The Hall–Kier alpha value is -2.23. The van der Waals surface area contributed by atoms with Crippen LogP contribution >= 0.6 is 39.0 Å². The van der Waals surface area contributed by atoms with Gasteiger partial charge in [-0.3, -0.25) is 4.79 Å². The Labute approximate surface area is 172 Å². The van der Waals surface area contributed by atoms with Crippen molar-refractivity contribution in [2.75, 3.05) is 11.1 Å². The van der Waals surface area contributed by atoms with Crippen LogP contribution in [0.2, 0.25) is 0 Å². The standard InChI is InChI=1S/C18H14BrN5OS2/c1-24-16(11-6-8-12(19)9-7-11)22-23-18(24)26-10-15(25)21-17-20-13-4-2-3-5-14(13)27-17/h2-9H,10H2,1H3,(H,20,21,25). The molecule has 9 heteroatoms. The molecule has 0 radical (unpaired) electrons. The summed E-state index contributed by atoms with van der Waals surface area (Å²) in [5, 5.41) is 12.6. The number of anilines is 1. The molecule has 2 aromatic heterocycles. The molecule has 4 rings (SSSR count). The normalized spacial score (nSPS) is 11.0. The predicted molar refractivity (Wildman–Crippen MR) is 113 cm³/mol. The number of amides is 1. The van der Waals surface area contributed by atoms with Gasteiger partial charge in [-0.2, -0.15) is 0 Å². The fourth-order valence-corrected chi connectivity index (χ4v) is 4.36. The minimum absolute atomic E-state index is 0.118. The lowest BCUT2D eigenvalue weighted by Gasteiger charge is -2.04. The average molecular weight is 460 g/mol. The van der Waals surface area contributed by atoms with E-state index in [1.807, 2.05) is 60.1 Å². The molecule has 0 saturated carbocycles. The summed E-state index contributed by atoms with van der Waals surface area (Å²) in [6.07, 6.45) is 0. The van der Waals surface area contributed by atoms with E-state index in [0.29, 0.717) is 10.3 Å². The first kappa shape index (κ1) is 18.1. The van der Waals surface area contributed by atoms with Crippen molar-refractivity contribution >= 4 is 60.3 Å². The second-order valence-electron chi connectivity index (χ2n) is 5.70. The molecule has 1 amide bonds. The summed E-state index contributed by atoms with van der Waals surface area (Å²) in [4.78, 5) is 16.7. The smallest absolute Gasteiger partial charge is 0.236 e. The highest BCUT2D eigenvalue weighted by Gasteiger charge is 2.14. The predicted octanol–water partition coefficient (Wildman–Crippen LogP) is 4.59. The second-order valence-corrected chi connectivity index (χ2v) is 8.58. The number of carbonyl (C=O) groups is 1. The van der Waals surface area contributed by atoms with Gasteiger partial charge in [0.1, 0.15) is 0 Å². The van der Waals surface area contributed by atoms with E-state index in [2.05, 4.69) is 36.4 Å². The van der Waals surface area contributed by atoms with Gasteiger partial charge in [0.25, 0.3) is 0 Å². The molecule has 6 nitrogen and oxygen atoms in total. The van der Waals surface area contributed by atoms with Crippen molar-refractivity contribution < 1.29 is 4.79 Å². The highest BCUT2D eigenvalue weighted by Crippen LogP contribution is 2.27. The highest BCUT2D eigenvalue weighted by atomic mass is 79.9. The molecule has 2 heterocycles. The number of thiazole rings is 1. The summed E-state index contributed by atoms with van der Waals surface area (Å²) in [7, 11) is 1.89. The number of halogens is 1. The molecule has 4 aromatic rings. The number of benzene rings is 2. The van der Waals surface area contributed by atoms with Crippen LogP contribution in [0.3, 0.4) is 0 Å². The SMILES string of the molecule is Cn1c(SCC(=O)Nc2nc3ccccc3s2)nnc1-c1ccc(Br)cc1. The van der Waals surface area contributed by atoms with Gasteiger partial charge < -0.3 is 9.88 Å². The number of rotatable bonds is 5. The van der Waals surface area contributed by atoms with Crippen molar-refractivity contribution in [1.29, 1.82) is 0 Å². The highest BCUT2D eigenvalue weighted by molar-refractivity contribution is 9.10. The van der Waals surface area contributed by atoms with Gasteiger partial charge in [0.2, 0.25) is 5.91 Å². The second kappa shape index (κ2) is 7.79. The third kappa shape index (κ3) is 4.05. The number of para-hydroxylation sites is 1. The number of hydrogen-bond donors (Lipinski definition) is 1. The van der Waals surface area contributed by atoms with Crippen molar-refractivity contribution in [2.45, 2.75) is 5.16 Å². The van der Waals surface area contributed by atoms with Crippen molar-refractivity contribution in [3.63, 3.8) is 0 Å². The van der Waals surface area contributed by atoms with E-state index in [-0.39, 0.29) is 11.7 Å². The summed E-state index contributed by atoms with van der Waals surface area (Å²) < 4.78 is 3.95. The molecule has 136 valence electrons. The fraction of sp³-hybridized carbons (Fsp3) is 0.111. The molecule has 0 atom stereocenters. The zero-order valence-electron chi connectivity index (χ0n) is 14.2. The quantitative estimate of drug-likeness (QED) is 0.442. The number of thioether (sulfide) groups is 1. The van der Waals surface area contributed by atoms with Crippen LogP contribution in [0.5, 0.6) is 0 Å². The summed E-state index contributed by atoms with van der Waals surface area (Å²) in [6.45, 7) is 0. The fourth-order valence-electron chi connectivity index (χ4n) is 2.50. The molecule has 0 fully saturated rings. The van der Waals surface area contributed by atoms with Crippen molar-refractivity contribution in [3.05, 3.63) is 53.0 Å². The largest absolute Gasteiger partial charge is 0.305 e. The molecule has 0 aliphatic heterocycles. The number of nitrogens with zero attached hydrogens (tertiary/aromatic N) is 4. The molecule has 27 heavy (non-hydrogen) atoms. The molecular weight excluding hydrogens is 446 g/mol. The maximum absolute atomic E-state index is 12.3. The topological polar surface area (TPSA) is 72.7 Å². The Morgan fingerprint density at radius 2 is 1.96 bits per heavy atom. The van der Waals surface area contributed by atoms with E-state index in [9.17, 15) is 4.79 Å². The van der Waals surface area contributed by atoms with Crippen LogP contribution in [-0.2, 0) is 11.8 Å². The van der Waals surface area contributed by atoms with Gasteiger partial charge in [0.15, 0.2) is 16.1 Å². The summed E-state index contributed by atoms with van der Waals surface area (Å²) >= 11 is 6.23. The summed E-state index contributed by atoms with van der Waals surface area (Å²) in [5.74, 6) is 0.881. The van der Waals surface area contributed by atoms with Crippen LogP contribution in [0, 0.1) is 0 Å². The maximum atomic E-state index is 12.3. The van der Waals surface area contributed by atoms with Crippen molar-refractivity contribution in [2.24, 2.45) is 7.05 Å². The van der Waals surface area contributed by atoms with Crippen molar-refractivity contribution in [1.82, 2.24) is 19.7 Å². The first-order valence-electron chi connectivity index (χ1n) is 8.04. The van der Waals surface area contributed by atoms with E-state index in [1.54, 1.807) is 0 Å². The minimum atomic E-state index is -0.118. The lowest BCUT2D eigenvalue weighted by molar-refractivity contribution is -0.113. The minimum Gasteiger partial charge on any atom is -0.305 e. The molecule has 0 unspecified atom stereocenters. The first-order valence-corrected chi connectivity index (χ1v) is 10.6. The molecule has 0 aliphatic carbocycles. The third-order valence-corrected chi connectivity index (χ3v) is 6.31. The Balaban J connectivity index is 1.41. The van der Waals surface area contributed by atoms with E-state index < -0.39 is 0 Å². The van der Waals surface area contributed by atoms with Gasteiger partial charge in [0.05, 0.1) is 16.0 Å². The van der Waals surface area contributed by atoms with Gasteiger partial charge in [-0.1, -0.05) is 63.3 Å². The van der Waals surface area contributed by atoms with Gasteiger partial charge in [0, 0.05) is 17.1 Å². The van der Waals surface area contributed by atoms with E-state index in [1.165, 1.54) is 23.1 Å². The van der Waals surface area contributed by atoms with E-state index >= 15 is 0 Å². The third-order valence-electron chi connectivity index (χ3n) is 3.81. The molecular formula is C18H14BrN5OS2. The molecule has 1 N–H and O–H groups in total. The van der Waals surface area contributed by atoms with Gasteiger partial charge >= 0.3 is 0 Å². The molecule has 0 aliphatic rings. The monoisotopic (exact) mass is 459 g/mol. The van der Waals surface area contributed by atoms with Crippen LogP contribution in [0.1, 0.15) is 0 Å². The molecule has 2 aromatic carbocycles. The van der Waals surface area contributed by atoms with Gasteiger partial charge in [-0.15, -0.1) is 10.2 Å². The lowest BCUT2D eigenvalue weighted by Crippen LogP contribution is -2.14. The molecule has 0 saturated heterocycles. The number of aromatic nitrogens is 4. The zero-order chi connectivity index (χ0) is 18.8. The molecule has 0 bridgehead atoms. The van der Waals surface area contributed by atoms with E-state index in [0.717, 1.165) is 26.1 Å². The van der Waals surface area contributed by atoms with E-state index in [4.69, 9.17) is 0 Å². The Bertz CT molecular complexity index is 1070.